The lowest BCUT2D eigenvalue weighted by atomic mass is 10.2. The Balaban J connectivity index is 0.000000221. The van der Waals surface area contributed by atoms with Gasteiger partial charge in [0.05, 0.1) is 13.2 Å². The Hall–Kier alpha value is -2.75. The van der Waals surface area contributed by atoms with Crippen LogP contribution in [0.2, 0.25) is 5.15 Å². The highest BCUT2D eigenvalue weighted by atomic mass is 36.0. The van der Waals surface area contributed by atoms with Crippen molar-refractivity contribution in [3.05, 3.63) is 75.7 Å². The van der Waals surface area contributed by atoms with Crippen molar-refractivity contribution in [1.82, 2.24) is 19.9 Å². The third-order valence-corrected chi connectivity index (χ3v) is 4.39. The molecule has 0 saturated heterocycles. The second-order valence-electron chi connectivity index (χ2n) is 6.67. The van der Waals surface area contributed by atoms with Gasteiger partial charge in [-0.25, -0.2) is 14.6 Å². The minimum absolute atomic E-state index is 0.146. The molecule has 10 nitrogen and oxygen atoms in total. The van der Waals surface area contributed by atoms with Gasteiger partial charge in [0, 0.05) is 23.2 Å². The summed E-state index contributed by atoms with van der Waals surface area (Å²) in [5, 5.41) is -1.62. The number of ether oxygens (including phenoxy) is 2. The van der Waals surface area contributed by atoms with E-state index < -0.39 is 17.1 Å². The largest absolute Gasteiger partial charge is 0.461 e. The van der Waals surface area contributed by atoms with Crippen LogP contribution in [-0.2, 0) is 14.0 Å². The Morgan fingerprint density at radius 3 is 2.00 bits per heavy atom. The number of hydrogen-bond acceptors (Lipinski definition) is 9. The molecule has 0 saturated carbocycles. The van der Waals surface area contributed by atoms with E-state index in [1.165, 1.54) is 6.20 Å². The second kappa shape index (κ2) is 14.3. The van der Waals surface area contributed by atoms with Crippen LogP contribution in [0.3, 0.4) is 0 Å². The number of pyridine rings is 4. The van der Waals surface area contributed by atoms with Gasteiger partial charge >= 0.3 is 17.1 Å². The van der Waals surface area contributed by atoms with Crippen LogP contribution >= 0.6 is 50.5 Å². The van der Waals surface area contributed by atoms with Gasteiger partial charge in [-0.2, -0.15) is 0 Å². The van der Waals surface area contributed by atoms with Crippen LogP contribution in [0.1, 0.15) is 34.8 Å². The molecule has 0 aliphatic rings. The zero-order chi connectivity index (χ0) is 27.6. The van der Waals surface area contributed by atoms with E-state index in [4.69, 9.17) is 21.1 Å². The summed E-state index contributed by atoms with van der Waals surface area (Å²) in [5.74, 6) is -1.01. The zero-order valence-corrected chi connectivity index (χ0v) is 23.2. The summed E-state index contributed by atoms with van der Waals surface area (Å²) < 4.78 is 19.2. The number of aromatic nitrogens is 4. The molecule has 1 N–H and O–H groups in total. The van der Waals surface area contributed by atoms with E-state index in [2.05, 4.69) is 53.7 Å². The summed E-state index contributed by atoms with van der Waals surface area (Å²) in [7, 11) is 0. The van der Waals surface area contributed by atoms with E-state index in [0.29, 0.717) is 23.0 Å². The van der Waals surface area contributed by atoms with Crippen molar-refractivity contribution in [2.24, 2.45) is 0 Å². The summed E-state index contributed by atoms with van der Waals surface area (Å²) in [5.41, 5.74) is 0.855. The van der Waals surface area contributed by atoms with E-state index in [1.807, 2.05) is 6.07 Å². The van der Waals surface area contributed by atoms with E-state index in [0.717, 1.165) is 5.39 Å². The molecule has 4 aromatic rings. The van der Waals surface area contributed by atoms with E-state index >= 15 is 0 Å². The molecule has 0 spiro atoms. The predicted molar refractivity (Wildman–Crippen MR) is 144 cm³/mol. The van der Waals surface area contributed by atoms with Crippen LogP contribution in [0.15, 0.2) is 53.6 Å². The van der Waals surface area contributed by atoms with E-state index in [1.54, 1.807) is 50.4 Å². The molecule has 0 aliphatic heterocycles. The van der Waals surface area contributed by atoms with E-state index in [-0.39, 0.29) is 28.7 Å². The number of carbonyl (C=O) groups excluding carboxylic acids is 2. The molecule has 0 unspecified atom stereocenters. The molecule has 0 radical (unpaired) electrons. The Bertz CT molecular complexity index is 1500. The van der Waals surface area contributed by atoms with Crippen molar-refractivity contribution >= 4 is 84.3 Å². The predicted octanol–water partition coefficient (Wildman–Crippen LogP) is 6.37. The number of esters is 2. The smallest absolute Gasteiger partial charge is 0.356 e. The van der Waals surface area contributed by atoms with Crippen molar-refractivity contribution < 1.29 is 23.6 Å². The molecule has 15 heteroatoms. The quantitative estimate of drug-likeness (QED) is 0.159. The fourth-order valence-corrected chi connectivity index (χ4v) is 3.02. The monoisotopic (exact) mass is 606 g/mol. The number of carbonyl (C=O) groups is 2. The van der Waals surface area contributed by atoms with Gasteiger partial charge in [0.25, 0.3) is 5.56 Å². The van der Waals surface area contributed by atoms with Gasteiger partial charge in [-0.05, 0) is 71.8 Å². The maximum atomic E-state index is 11.6. The molecule has 0 aliphatic carbocycles. The standard InChI is InChI=1S/C11H9ClN2O2.C11H10N2O3.Cl3OP/c1-2-16-11(15)8-6-7-4-3-5-13-9(7)10(12)14-8;1-2-16-11(15)8-6-7-4-3-5-12-9(7)10(14)13-8;1-5(2,3)4/h3-6H,2H2,1H3;3-6H,2H2,1H3,(H,13,14);. The SMILES string of the molecule is CCOC(=O)c1cc2cccnc2c(=O)[nH]1.CCOC(=O)c1cc2cccnc2c(Cl)n1.O=P(Cl)(Cl)Cl. The lowest BCUT2D eigenvalue weighted by Crippen LogP contribution is -2.15. The number of hydrogen-bond donors (Lipinski definition) is 1. The van der Waals surface area contributed by atoms with Crippen LogP contribution in [0.4, 0.5) is 0 Å². The van der Waals surface area contributed by atoms with Crippen LogP contribution in [0.25, 0.3) is 21.8 Å². The third-order valence-electron chi connectivity index (χ3n) is 4.13. The Morgan fingerprint density at radius 1 is 0.919 bits per heavy atom. The van der Waals surface area contributed by atoms with E-state index in [9.17, 15) is 18.9 Å². The van der Waals surface area contributed by atoms with Gasteiger partial charge in [-0.3, -0.25) is 19.3 Å². The minimum atomic E-state index is -3.22. The van der Waals surface area contributed by atoms with Gasteiger partial charge in [0.1, 0.15) is 16.7 Å². The second-order valence-corrected chi connectivity index (χ2v) is 13.7. The van der Waals surface area contributed by atoms with Gasteiger partial charge in [0.15, 0.2) is 10.8 Å². The van der Waals surface area contributed by atoms with Crippen LogP contribution in [-0.4, -0.2) is 45.1 Å². The van der Waals surface area contributed by atoms with Gasteiger partial charge in [-0.1, -0.05) is 23.7 Å². The summed E-state index contributed by atoms with van der Waals surface area (Å²) in [6.45, 7) is 4.02. The Labute approximate surface area is 230 Å². The lowest BCUT2D eigenvalue weighted by molar-refractivity contribution is 0.0510. The number of rotatable bonds is 4. The first kappa shape index (κ1) is 30.5. The molecule has 0 bridgehead atoms. The molecule has 0 atom stereocenters. The number of fused-ring (bicyclic) bond motifs is 2. The lowest BCUT2D eigenvalue weighted by Gasteiger charge is -2.03. The number of nitrogens with one attached hydrogen (secondary N) is 1. The van der Waals surface area contributed by atoms with Crippen molar-refractivity contribution in [1.29, 1.82) is 0 Å². The molecule has 0 fully saturated rings. The highest BCUT2D eigenvalue weighted by Gasteiger charge is 2.12. The summed E-state index contributed by atoms with van der Waals surface area (Å²) in [6, 6.07) is 10.2. The number of halogens is 4. The molecular formula is C22H19Cl4N4O6P. The number of H-pyrrole nitrogens is 1. The average molecular weight is 608 g/mol. The van der Waals surface area contributed by atoms with Gasteiger partial charge < -0.3 is 14.5 Å². The molecule has 0 aromatic carbocycles. The normalized spacial score (nSPS) is 10.5. The average Bonchev–Trinajstić information content (AvgIpc) is 2.84. The molecule has 4 heterocycles. The van der Waals surface area contributed by atoms with Crippen molar-refractivity contribution in [2.75, 3.05) is 13.2 Å². The zero-order valence-electron chi connectivity index (χ0n) is 19.3. The van der Waals surface area contributed by atoms with Crippen LogP contribution < -0.4 is 5.56 Å². The highest BCUT2D eigenvalue weighted by molar-refractivity contribution is 8.24. The number of aromatic amines is 1. The molecule has 4 rings (SSSR count). The van der Waals surface area contributed by atoms with Gasteiger partial charge in [0.2, 0.25) is 0 Å². The molecule has 4 aromatic heterocycles. The highest BCUT2D eigenvalue weighted by Crippen LogP contribution is 2.61. The first-order chi connectivity index (χ1) is 17.4. The van der Waals surface area contributed by atoms with Gasteiger partial charge in [-0.15, -0.1) is 0 Å². The fraction of sp³-hybridized carbons (Fsp3) is 0.182. The molecule has 0 amide bonds. The minimum Gasteiger partial charge on any atom is -0.461 e. The Kier molecular flexibility index (Phi) is 11.7. The van der Waals surface area contributed by atoms with Crippen molar-refractivity contribution in [2.45, 2.75) is 13.8 Å². The van der Waals surface area contributed by atoms with Crippen LogP contribution in [0, 0.1) is 0 Å². The summed E-state index contributed by atoms with van der Waals surface area (Å²) in [6.07, 6.45) is 3.15. The Morgan fingerprint density at radius 2 is 1.43 bits per heavy atom. The third kappa shape index (κ3) is 9.91. The summed E-state index contributed by atoms with van der Waals surface area (Å²) >= 11 is 19.8. The molecule has 37 heavy (non-hydrogen) atoms. The number of nitrogens with zero attached hydrogens (tertiary/aromatic N) is 3. The topological polar surface area (TPSA) is 141 Å². The maximum Gasteiger partial charge on any atom is 0.356 e. The maximum absolute atomic E-state index is 11.6. The van der Waals surface area contributed by atoms with Crippen LogP contribution in [0.5, 0.6) is 0 Å². The first-order valence-corrected chi connectivity index (χ1v) is 15.2. The fourth-order valence-electron chi connectivity index (χ4n) is 2.77. The van der Waals surface area contributed by atoms with Crippen molar-refractivity contribution in [3.8, 4) is 0 Å². The molecular weight excluding hydrogens is 589 g/mol. The summed E-state index contributed by atoms with van der Waals surface area (Å²) in [4.78, 5) is 48.9. The van der Waals surface area contributed by atoms with Crippen molar-refractivity contribution in [3.63, 3.8) is 0 Å². The molecule has 196 valence electrons. The first-order valence-electron chi connectivity index (χ1n) is 10.4.